The molecule has 0 radical (unpaired) electrons. The van der Waals surface area contributed by atoms with Gasteiger partial charge in [-0.15, -0.1) is 0 Å². The molecule has 0 aliphatic carbocycles. The summed E-state index contributed by atoms with van der Waals surface area (Å²) in [7, 11) is -4.16. The normalized spacial score (nSPS) is 11.6. The summed E-state index contributed by atoms with van der Waals surface area (Å²) >= 11 is 6.37. The Hall–Kier alpha value is -3.95. The lowest BCUT2D eigenvalue weighted by Crippen LogP contribution is -2.39. The molecule has 196 valence electrons. The SMILES string of the molecule is Cc1ccc(N(CC(=O)N/N=C/c2cc(C)n(-c3ccccc3Cl)c2C)S(=O)(=O)c2ccc(F)cc2)cc1. The Kier molecular flexibility index (Phi) is 7.99. The third-order valence-electron chi connectivity index (χ3n) is 5.97. The fourth-order valence-corrected chi connectivity index (χ4v) is 5.66. The van der Waals surface area contributed by atoms with E-state index in [9.17, 15) is 17.6 Å². The molecule has 7 nitrogen and oxygen atoms in total. The molecule has 0 fully saturated rings. The van der Waals surface area contributed by atoms with E-state index in [1.54, 1.807) is 24.3 Å². The van der Waals surface area contributed by atoms with Crippen LogP contribution in [-0.2, 0) is 14.8 Å². The minimum atomic E-state index is -4.16. The number of hydrogen-bond acceptors (Lipinski definition) is 4. The average molecular weight is 553 g/mol. The van der Waals surface area contributed by atoms with Gasteiger partial charge in [0, 0.05) is 17.0 Å². The second kappa shape index (κ2) is 11.2. The van der Waals surface area contributed by atoms with Crippen molar-refractivity contribution in [2.75, 3.05) is 10.8 Å². The predicted octanol–water partition coefficient (Wildman–Crippen LogP) is 5.54. The Morgan fingerprint density at radius 2 is 1.68 bits per heavy atom. The van der Waals surface area contributed by atoms with Crippen molar-refractivity contribution in [3.05, 3.63) is 112 Å². The lowest BCUT2D eigenvalue weighted by atomic mass is 10.2. The Morgan fingerprint density at radius 3 is 2.34 bits per heavy atom. The lowest BCUT2D eigenvalue weighted by Gasteiger charge is -2.23. The summed E-state index contributed by atoms with van der Waals surface area (Å²) in [6, 6.07) is 20.5. The molecule has 10 heteroatoms. The van der Waals surface area contributed by atoms with E-state index in [2.05, 4.69) is 10.5 Å². The molecular weight excluding hydrogens is 527 g/mol. The van der Waals surface area contributed by atoms with Crippen molar-refractivity contribution in [3.63, 3.8) is 0 Å². The van der Waals surface area contributed by atoms with E-state index in [1.807, 2.05) is 55.7 Å². The molecule has 0 atom stereocenters. The third-order valence-corrected chi connectivity index (χ3v) is 8.08. The van der Waals surface area contributed by atoms with Gasteiger partial charge in [-0.05, 0) is 75.4 Å². The van der Waals surface area contributed by atoms with Gasteiger partial charge in [-0.1, -0.05) is 41.4 Å². The number of hydrazone groups is 1. The molecule has 38 heavy (non-hydrogen) atoms. The second-order valence-corrected chi connectivity index (χ2v) is 11.0. The fourth-order valence-electron chi connectivity index (χ4n) is 4.02. The van der Waals surface area contributed by atoms with Crippen molar-refractivity contribution >= 4 is 39.4 Å². The van der Waals surface area contributed by atoms with Gasteiger partial charge in [0.1, 0.15) is 12.4 Å². The number of carbonyl (C=O) groups excluding carboxylic acids is 1. The van der Waals surface area contributed by atoms with Gasteiger partial charge >= 0.3 is 0 Å². The summed E-state index contributed by atoms with van der Waals surface area (Å²) in [6.07, 6.45) is 1.50. The topological polar surface area (TPSA) is 83.8 Å². The first-order chi connectivity index (χ1) is 18.1. The summed E-state index contributed by atoms with van der Waals surface area (Å²) in [6.45, 7) is 5.19. The van der Waals surface area contributed by atoms with Crippen LogP contribution in [0.2, 0.25) is 5.02 Å². The van der Waals surface area contributed by atoms with Gasteiger partial charge in [0.2, 0.25) is 0 Å². The van der Waals surface area contributed by atoms with Crippen LogP contribution in [0.4, 0.5) is 10.1 Å². The molecule has 0 bridgehead atoms. The third kappa shape index (κ3) is 5.79. The van der Waals surface area contributed by atoms with Crippen LogP contribution in [-0.4, -0.2) is 31.7 Å². The molecule has 0 saturated carbocycles. The second-order valence-electron chi connectivity index (χ2n) is 8.71. The van der Waals surface area contributed by atoms with Crippen LogP contribution in [0.25, 0.3) is 5.69 Å². The van der Waals surface area contributed by atoms with Crippen LogP contribution in [0.5, 0.6) is 0 Å². The van der Waals surface area contributed by atoms with Crippen LogP contribution in [0.15, 0.2) is 88.9 Å². The number of amides is 1. The van der Waals surface area contributed by atoms with E-state index in [0.29, 0.717) is 10.7 Å². The molecule has 3 aromatic carbocycles. The van der Waals surface area contributed by atoms with Crippen LogP contribution in [0.3, 0.4) is 0 Å². The first-order valence-electron chi connectivity index (χ1n) is 11.7. The van der Waals surface area contributed by atoms with Crippen molar-refractivity contribution < 1.29 is 17.6 Å². The Balaban J connectivity index is 1.56. The van der Waals surface area contributed by atoms with Gasteiger partial charge in [-0.25, -0.2) is 18.2 Å². The Bertz CT molecular complexity index is 1600. The number of aromatic nitrogens is 1. The smallest absolute Gasteiger partial charge is 0.264 e. The van der Waals surface area contributed by atoms with Crippen molar-refractivity contribution in [1.29, 1.82) is 0 Å². The summed E-state index contributed by atoms with van der Waals surface area (Å²) in [5.41, 5.74) is 7.02. The van der Waals surface area contributed by atoms with Crippen molar-refractivity contribution in [2.24, 2.45) is 5.10 Å². The zero-order valence-electron chi connectivity index (χ0n) is 21.0. The average Bonchev–Trinajstić information content (AvgIpc) is 3.16. The number of rotatable bonds is 8. The highest BCUT2D eigenvalue weighted by Crippen LogP contribution is 2.26. The van der Waals surface area contributed by atoms with Crippen LogP contribution >= 0.6 is 11.6 Å². The largest absolute Gasteiger partial charge is 0.316 e. The van der Waals surface area contributed by atoms with E-state index >= 15 is 0 Å². The zero-order chi connectivity index (χ0) is 27.4. The van der Waals surface area contributed by atoms with E-state index in [0.717, 1.165) is 56.8 Å². The van der Waals surface area contributed by atoms with E-state index in [1.165, 1.54) is 6.21 Å². The van der Waals surface area contributed by atoms with Gasteiger partial charge in [-0.2, -0.15) is 5.10 Å². The predicted molar refractivity (Wildman–Crippen MR) is 148 cm³/mol. The number of benzene rings is 3. The molecule has 0 saturated heterocycles. The number of hydrogen-bond donors (Lipinski definition) is 1. The molecule has 1 N–H and O–H groups in total. The Morgan fingerprint density at radius 1 is 1.03 bits per heavy atom. The fraction of sp³-hybridized carbons (Fsp3) is 0.143. The highest BCUT2D eigenvalue weighted by atomic mass is 35.5. The minimum Gasteiger partial charge on any atom is -0.316 e. The molecule has 1 heterocycles. The van der Waals surface area contributed by atoms with Gasteiger partial charge in [0.25, 0.3) is 15.9 Å². The maximum absolute atomic E-state index is 13.4. The minimum absolute atomic E-state index is 0.136. The maximum atomic E-state index is 13.4. The first kappa shape index (κ1) is 27.1. The van der Waals surface area contributed by atoms with Gasteiger partial charge in [0.15, 0.2) is 0 Å². The molecule has 0 aliphatic rings. The number of nitrogens with zero attached hydrogens (tertiary/aromatic N) is 3. The van der Waals surface area contributed by atoms with Gasteiger partial charge in [0.05, 0.1) is 27.5 Å². The van der Waals surface area contributed by atoms with E-state index in [4.69, 9.17) is 11.6 Å². The van der Waals surface area contributed by atoms with Crippen molar-refractivity contribution in [1.82, 2.24) is 9.99 Å². The summed E-state index contributed by atoms with van der Waals surface area (Å²) in [5, 5.41) is 4.66. The van der Waals surface area contributed by atoms with E-state index < -0.39 is 28.3 Å². The number of halogens is 2. The number of para-hydroxylation sites is 1. The molecule has 0 aliphatic heterocycles. The van der Waals surface area contributed by atoms with Crippen LogP contribution in [0.1, 0.15) is 22.5 Å². The van der Waals surface area contributed by atoms with E-state index in [-0.39, 0.29) is 4.90 Å². The zero-order valence-corrected chi connectivity index (χ0v) is 22.6. The molecule has 0 unspecified atom stereocenters. The number of carbonyl (C=O) groups is 1. The summed E-state index contributed by atoms with van der Waals surface area (Å²) in [5.74, 6) is -1.21. The monoisotopic (exact) mass is 552 g/mol. The number of aryl methyl sites for hydroxylation is 2. The lowest BCUT2D eigenvalue weighted by molar-refractivity contribution is -0.119. The molecule has 4 rings (SSSR count). The molecule has 1 aromatic heterocycles. The number of sulfonamides is 1. The van der Waals surface area contributed by atoms with Gasteiger partial charge < -0.3 is 4.57 Å². The summed E-state index contributed by atoms with van der Waals surface area (Å²) < 4.78 is 43.1. The highest BCUT2D eigenvalue weighted by molar-refractivity contribution is 7.92. The Labute approximate surface area is 226 Å². The summed E-state index contributed by atoms with van der Waals surface area (Å²) in [4.78, 5) is 12.7. The first-order valence-corrected chi connectivity index (χ1v) is 13.5. The van der Waals surface area contributed by atoms with Crippen molar-refractivity contribution in [3.8, 4) is 5.69 Å². The quantitative estimate of drug-likeness (QED) is 0.230. The standard InChI is InChI=1S/C28H26ClFN4O3S/c1-19-8-12-24(13-9-19)33(38(36,37)25-14-10-23(30)11-15-25)18-28(35)32-31-17-22-16-20(2)34(21(22)3)27-7-5-4-6-26(27)29/h4-17H,18H2,1-3H3,(H,32,35)/b31-17+. The number of anilines is 1. The van der Waals surface area contributed by atoms with Gasteiger partial charge in [-0.3, -0.25) is 9.10 Å². The van der Waals surface area contributed by atoms with Crippen LogP contribution < -0.4 is 9.73 Å². The maximum Gasteiger partial charge on any atom is 0.264 e. The number of nitrogens with one attached hydrogen (secondary N) is 1. The molecule has 4 aromatic rings. The van der Waals surface area contributed by atoms with Crippen LogP contribution in [0, 0.1) is 26.6 Å². The molecule has 0 spiro atoms. The highest BCUT2D eigenvalue weighted by Gasteiger charge is 2.27. The van der Waals surface area contributed by atoms with Crippen molar-refractivity contribution in [2.45, 2.75) is 25.7 Å². The molecular formula is C28H26ClFN4O3S. The molecule has 1 amide bonds.